The fourth-order valence-electron chi connectivity index (χ4n) is 4.27. The molecule has 1 N–H and O–H groups in total. The number of aryl methyl sites for hydroxylation is 2. The van der Waals surface area contributed by atoms with Gasteiger partial charge in [0.05, 0.1) is 12.7 Å². The van der Waals surface area contributed by atoms with Crippen molar-refractivity contribution in [1.82, 2.24) is 0 Å². The number of ketones is 1. The van der Waals surface area contributed by atoms with Crippen LogP contribution in [0, 0.1) is 13.8 Å². The molecule has 1 amide bonds. The number of anilines is 1. The summed E-state index contributed by atoms with van der Waals surface area (Å²) in [6.45, 7) is 7.78. The molecule has 7 heteroatoms. The first-order valence-electron chi connectivity index (χ1n) is 10.9. The third-order valence-corrected chi connectivity index (χ3v) is 7.48. The van der Waals surface area contributed by atoms with Crippen molar-refractivity contribution in [3.8, 4) is 5.75 Å². The number of hydrogen-bond acceptors (Lipinski definition) is 5. The number of ether oxygens (including phenoxy) is 1. The van der Waals surface area contributed by atoms with E-state index >= 15 is 0 Å². The van der Waals surface area contributed by atoms with E-state index in [4.69, 9.17) is 16.3 Å². The number of aliphatic hydroxyl groups is 1. The number of aliphatic hydroxyl groups excluding tert-OH is 1. The molecule has 1 aliphatic heterocycles. The molecular formula is C27H26ClNO4S. The zero-order chi connectivity index (χ0) is 24.7. The molecule has 3 aromatic rings. The highest BCUT2D eigenvalue weighted by Gasteiger charge is 2.47. The van der Waals surface area contributed by atoms with E-state index in [0.717, 1.165) is 21.6 Å². The van der Waals surface area contributed by atoms with Crippen molar-refractivity contribution < 1.29 is 19.4 Å². The van der Waals surface area contributed by atoms with Crippen molar-refractivity contribution in [1.29, 1.82) is 0 Å². The molecule has 1 fully saturated rings. The minimum absolute atomic E-state index is 0.0621. The molecule has 0 bridgehead atoms. The Morgan fingerprint density at radius 2 is 1.85 bits per heavy atom. The zero-order valence-electron chi connectivity index (χ0n) is 19.7. The first-order valence-corrected chi connectivity index (χ1v) is 12.2. The molecule has 2 heterocycles. The Morgan fingerprint density at radius 3 is 2.44 bits per heavy atom. The molecule has 1 atom stereocenters. The Labute approximate surface area is 208 Å². The molecule has 0 spiro atoms. The second kappa shape index (κ2) is 9.28. The van der Waals surface area contributed by atoms with Crippen LogP contribution in [-0.4, -0.2) is 23.9 Å². The van der Waals surface area contributed by atoms with Crippen LogP contribution in [0.3, 0.4) is 0 Å². The monoisotopic (exact) mass is 495 g/mol. The maximum atomic E-state index is 13.4. The average Bonchev–Trinajstić information content (AvgIpc) is 3.42. The van der Waals surface area contributed by atoms with Crippen LogP contribution in [0.4, 0.5) is 5.69 Å². The van der Waals surface area contributed by atoms with E-state index in [2.05, 4.69) is 0 Å². The number of carbonyl (C=O) groups is 2. The second-order valence-electron chi connectivity index (χ2n) is 8.68. The Morgan fingerprint density at radius 1 is 1.12 bits per heavy atom. The number of Topliss-reactive ketones (excluding diaryl/α,β-unsaturated/α-hetero) is 1. The predicted octanol–water partition coefficient (Wildman–Crippen LogP) is 6.78. The van der Waals surface area contributed by atoms with Crippen molar-refractivity contribution >= 4 is 46.1 Å². The van der Waals surface area contributed by atoms with Crippen molar-refractivity contribution in [2.75, 3.05) is 12.0 Å². The van der Waals surface area contributed by atoms with Crippen molar-refractivity contribution in [3.05, 3.63) is 85.6 Å². The van der Waals surface area contributed by atoms with Gasteiger partial charge in [-0.2, -0.15) is 0 Å². The number of benzene rings is 2. The van der Waals surface area contributed by atoms with Gasteiger partial charge in [-0.25, -0.2) is 0 Å². The molecule has 2 aromatic carbocycles. The molecule has 1 unspecified atom stereocenters. The van der Waals surface area contributed by atoms with Crippen LogP contribution in [-0.2, 0) is 9.59 Å². The quantitative estimate of drug-likeness (QED) is 0.241. The minimum atomic E-state index is -0.761. The molecule has 5 nitrogen and oxygen atoms in total. The number of hydrogen-bond donors (Lipinski definition) is 1. The summed E-state index contributed by atoms with van der Waals surface area (Å²) in [6, 6.07) is 11.9. The summed E-state index contributed by atoms with van der Waals surface area (Å²) < 4.78 is 5.52. The third-order valence-electron chi connectivity index (χ3n) is 6.14. The van der Waals surface area contributed by atoms with E-state index in [1.165, 1.54) is 16.2 Å². The summed E-state index contributed by atoms with van der Waals surface area (Å²) in [6.07, 6.45) is 0. The van der Waals surface area contributed by atoms with Crippen LogP contribution in [0.25, 0.3) is 5.76 Å². The maximum absolute atomic E-state index is 13.4. The van der Waals surface area contributed by atoms with Gasteiger partial charge in [-0.15, -0.1) is 11.3 Å². The van der Waals surface area contributed by atoms with Crippen molar-refractivity contribution in [3.63, 3.8) is 0 Å². The molecule has 4 rings (SSSR count). The van der Waals surface area contributed by atoms with Crippen molar-refractivity contribution in [2.45, 2.75) is 39.7 Å². The Balaban J connectivity index is 1.96. The highest BCUT2D eigenvalue weighted by molar-refractivity contribution is 7.10. The number of rotatable bonds is 5. The minimum Gasteiger partial charge on any atom is -0.507 e. The predicted molar refractivity (Wildman–Crippen MR) is 137 cm³/mol. The lowest BCUT2D eigenvalue weighted by Gasteiger charge is -2.25. The highest BCUT2D eigenvalue weighted by atomic mass is 35.5. The lowest BCUT2D eigenvalue weighted by atomic mass is 9.92. The van der Waals surface area contributed by atoms with E-state index < -0.39 is 17.7 Å². The molecule has 1 aliphatic rings. The lowest BCUT2D eigenvalue weighted by Crippen LogP contribution is -2.29. The van der Waals surface area contributed by atoms with E-state index in [1.54, 1.807) is 19.2 Å². The number of carbonyl (C=O) groups excluding carboxylic acids is 2. The van der Waals surface area contributed by atoms with Crippen molar-refractivity contribution in [2.24, 2.45) is 0 Å². The standard InChI is InChI=1S/C27H26ClNO4S/c1-14(2)18-13-19(16(4)11-21(18)33-5)25(30)23-24(22-7-6-10-34-22)29(27(32)26(23)31)17-9-8-15(3)20(28)12-17/h6-14,24,30H,1-5H3/b25-23+. The van der Waals surface area contributed by atoms with Gasteiger partial charge in [0.15, 0.2) is 0 Å². The number of amides is 1. The van der Waals surface area contributed by atoms with Gasteiger partial charge in [-0.05, 0) is 72.2 Å². The van der Waals surface area contributed by atoms with Crippen LogP contribution < -0.4 is 9.64 Å². The number of nitrogens with zero attached hydrogens (tertiary/aromatic N) is 1. The third kappa shape index (κ3) is 4.01. The normalized spacial score (nSPS) is 17.6. The van der Waals surface area contributed by atoms with Gasteiger partial charge in [0.25, 0.3) is 11.7 Å². The van der Waals surface area contributed by atoms with E-state index in [1.807, 2.05) is 63.4 Å². The maximum Gasteiger partial charge on any atom is 0.300 e. The SMILES string of the molecule is COc1cc(C)c(/C(O)=C2\C(=O)C(=O)N(c3ccc(C)c(Cl)c3)C2c2cccs2)cc1C(C)C. The van der Waals surface area contributed by atoms with Crippen LogP contribution in [0.2, 0.25) is 5.02 Å². The average molecular weight is 496 g/mol. The van der Waals surface area contributed by atoms with Crippen LogP contribution in [0.15, 0.2) is 53.4 Å². The molecular weight excluding hydrogens is 470 g/mol. The Kier molecular flexibility index (Phi) is 6.56. The van der Waals surface area contributed by atoms with Crippen LogP contribution in [0.5, 0.6) is 5.75 Å². The fraction of sp³-hybridized carbons (Fsp3) is 0.259. The van der Waals surface area contributed by atoms with Crippen LogP contribution >= 0.6 is 22.9 Å². The summed E-state index contributed by atoms with van der Waals surface area (Å²) in [5.41, 5.74) is 3.59. The summed E-state index contributed by atoms with van der Waals surface area (Å²) in [4.78, 5) is 28.8. The van der Waals surface area contributed by atoms with Gasteiger partial charge in [0.2, 0.25) is 0 Å². The Hall–Kier alpha value is -3.09. The topological polar surface area (TPSA) is 66.8 Å². The van der Waals surface area contributed by atoms with E-state index in [-0.39, 0.29) is 17.3 Å². The van der Waals surface area contributed by atoms with E-state index in [9.17, 15) is 14.7 Å². The van der Waals surface area contributed by atoms with Gasteiger partial charge in [0.1, 0.15) is 17.6 Å². The zero-order valence-corrected chi connectivity index (χ0v) is 21.3. The van der Waals surface area contributed by atoms with Gasteiger partial charge in [-0.1, -0.05) is 37.6 Å². The van der Waals surface area contributed by atoms with Crippen LogP contribution in [0.1, 0.15) is 52.9 Å². The second-order valence-corrected chi connectivity index (χ2v) is 10.1. The van der Waals surface area contributed by atoms with Gasteiger partial charge < -0.3 is 9.84 Å². The summed E-state index contributed by atoms with van der Waals surface area (Å²) in [5.74, 6) is -0.774. The molecule has 1 saturated heterocycles. The molecule has 34 heavy (non-hydrogen) atoms. The molecule has 0 saturated carbocycles. The molecule has 0 aliphatic carbocycles. The summed E-state index contributed by atoms with van der Waals surface area (Å²) >= 11 is 7.77. The summed E-state index contributed by atoms with van der Waals surface area (Å²) in [5, 5.41) is 13.9. The van der Waals surface area contributed by atoms with Gasteiger partial charge in [0, 0.05) is 21.2 Å². The smallest absolute Gasteiger partial charge is 0.300 e. The largest absolute Gasteiger partial charge is 0.507 e. The Bertz CT molecular complexity index is 1310. The number of halogens is 1. The number of methoxy groups -OCH3 is 1. The number of thiophene rings is 1. The molecule has 0 radical (unpaired) electrons. The van der Waals surface area contributed by atoms with Gasteiger partial charge in [-0.3, -0.25) is 14.5 Å². The highest BCUT2D eigenvalue weighted by Crippen LogP contribution is 2.45. The lowest BCUT2D eigenvalue weighted by molar-refractivity contribution is -0.132. The fourth-order valence-corrected chi connectivity index (χ4v) is 5.27. The van der Waals surface area contributed by atoms with E-state index in [0.29, 0.717) is 22.0 Å². The molecule has 1 aromatic heterocycles. The first-order chi connectivity index (χ1) is 16.1. The molecule has 176 valence electrons. The summed E-state index contributed by atoms with van der Waals surface area (Å²) in [7, 11) is 1.61. The first kappa shape index (κ1) is 24.0. The van der Waals surface area contributed by atoms with Gasteiger partial charge >= 0.3 is 0 Å².